The summed E-state index contributed by atoms with van der Waals surface area (Å²) in [6, 6.07) is 17.1. The Kier molecular flexibility index (Phi) is 3.87. The van der Waals surface area contributed by atoms with E-state index in [2.05, 4.69) is 10.3 Å². The Labute approximate surface area is 167 Å². The van der Waals surface area contributed by atoms with Crippen LogP contribution in [0.25, 0.3) is 0 Å². The van der Waals surface area contributed by atoms with Gasteiger partial charge in [-0.1, -0.05) is 24.3 Å². The molecule has 1 saturated heterocycles. The number of carbonyl (C=O) groups excluding carboxylic acids is 2. The van der Waals surface area contributed by atoms with E-state index in [-0.39, 0.29) is 17.6 Å². The number of hydrogen-bond acceptors (Lipinski definition) is 4. The van der Waals surface area contributed by atoms with Gasteiger partial charge in [-0.05, 0) is 53.9 Å². The molecule has 144 valence electrons. The molecule has 2 N–H and O–H groups in total. The molecule has 3 heterocycles. The van der Waals surface area contributed by atoms with E-state index in [9.17, 15) is 14.7 Å². The maximum Gasteiger partial charge on any atom is 0.254 e. The molecule has 1 spiro atoms. The van der Waals surface area contributed by atoms with Gasteiger partial charge in [-0.2, -0.15) is 0 Å². The fraction of sp³-hybridized carbons (Fsp3) is 0.174. The van der Waals surface area contributed by atoms with Gasteiger partial charge in [-0.3, -0.25) is 14.6 Å². The second kappa shape index (κ2) is 6.44. The van der Waals surface area contributed by atoms with Gasteiger partial charge < -0.3 is 15.3 Å². The van der Waals surface area contributed by atoms with E-state index in [0.717, 1.165) is 16.8 Å². The zero-order valence-corrected chi connectivity index (χ0v) is 15.6. The summed E-state index contributed by atoms with van der Waals surface area (Å²) in [5.41, 5.74) is 2.15. The molecule has 2 aromatic carbocycles. The number of hydrogen-bond donors (Lipinski definition) is 2. The number of nitrogens with one attached hydrogen (secondary N) is 1. The zero-order chi connectivity index (χ0) is 20.0. The van der Waals surface area contributed by atoms with Crippen LogP contribution in [0.3, 0.4) is 0 Å². The summed E-state index contributed by atoms with van der Waals surface area (Å²) in [6.45, 7) is 0.445. The minimum Gasteiger partial charge on any atom is -0.508 e. The van der Waals surface area contributed by atoms with Gasteiger partial charge >= 0.3 is 0 Å². The lowest BCUT2D eigenvalue weighted by Crippen LogP contribution is -2.42. The number of aromatic nitrogens is 1. The number of likely N-dealkylation sites (tertiary alicyclic amines) is 1. The molecule has 0 aliphatic carbocycles. The van der Waals surface area contributed by atoms with Crippen LogP contribution in [0, 0.1) is 0 Å². The van der Waals surface area contributed by atoms with Crippen molar-refractivity contribution in [1.82, 2.24) is 9.88 Å². The number of anilines is 1. The Hall–Kier alpha value is -3.67. The fourth-order valence-electron chi connectivity index (χ4n) is 4.68. The third kappa shape index (κ3) is 2.52. The predicted octanol–water partition coefficient (Wildman–Crippen LogP) is 3.26. The standard InChI is InChI=1S/C23H19N3O3/c27-17-9-7-15(8-10-17)21(28)26-13-11-23(20(26)16-4-3-12-24-14-16)18-5-1-2-6-19(18)25-22(23)29/h1-10,12,14,20,27H,11,13H2,(H,25,29). The molecule has 3 aromatic rings. The number of para-hydroxylation sites is 1. The van der Waals surface area contributed by atoms with Gasteiger partial charge in [-0.15, -0.1) is 0 Å². The third-order valence-corrected chi connectivity index (χ3v) is 5.96. The smallest absolute Gasteiger partial charge is 0.254 e. The average molecular weight is 385 g/mol. The molecule has 6 nitrogen and oxygen atoms in total. The number of nitrogens with zero attached hydrogens (tertiary/aromatic N) is 2. The molecule has 2 aliphatic rings. The molecule has 0 saturated carbocycles. The van der Waals surface area contributed by atoms with E-state index in [1.165, 1.54) is 12.1 Å². The lowest BCUT2D eigenvalue weighted by Gasteiger charge is -2.34. The highest BCUT2D eigenvalue weighted by Gasteiger charge is 2.59. The molecular weight excluding hydrogens is 366 g/mol. The first-order valence-electron chi connectivity index (χ1n) is 9.52. The number of rotatable bonds is 2. The van der Waals surface area contributed by atoms with Crippen molar-refractivity contribution in [3.8, 4) is 5.75 Å². The summed E-state index contributed by atoms with van der Waals surface area (Å²) in [6.07, 6.45) is 3.93. The van der Waals surface area contributed by atoms with E-state index in [0.29, 0.717) is 18.5 Å². The normalized spacial score (nSPS) is 22.6. The Balaban J connectivity index is 1.66. The Morgan fingerprint density at radius 1 is 1.10 bits per heavy atom. The lowest BCUT2D eigenvalue weighted by atomic mass is 9.73. The van der Waals surface area contributed by atoms with E-state index in [1.807, 2.05) is 36.4 Å². The molecule has 6 heteroatoms. The number of benzene rings is 2. The minimum absolute atomic E-state index is 0.0893. The number of fused-ring (bicyclic) bond motifs is 2. The number of carbonyl (C=O) groups is 2. The van der Waals surface area contributed by atoms with Crippen LogP contribution >= 0.6 is 0 Å². The number of aromatic hydroxyl groups is 1. The van der Waals surface area contributed by atoms with Crippen LogP contribution in [0.2, 0.25) is 0 Å². The first kappa shape index (κ1) is 17.4. The molecule has 2 atom stereocenters. The number of amides is 2. The number of phenols is 1. The third-order valence-electron chi connectivity index (χ3n) is 5.96. The highest BCUT2D eigenvalue weighted by atomic mass is 16.3. The van der Waals surface area contributed by atoms with Gasteiger partial charge in [0.25, 0.3) is 5.91 Å². The number of phenolic OH excluding ortho intramolecular Hbond substituents is 1. The zero-order valence-electron chi connectivity index (χ0n) is 15.6. The van der Waals surface area contributed by atoms with Gasteiger partial charge in [0.05, 0.1) is 6.04 Å². The van der Waals surface area contributed by atoms with Gasteiger partial charge in [0.2, 0.25) is 5.91 Å². The van der Waals surface area contributed by atoms with Crippen LogP contribution in [0.1, 0.15) is 33.9 Å². The van der Waals surface area contributed by atoms with Crippen LogP contribution in [-0.2, 0) is 10.2 Å². The first-order valence-corrected chi connectivity index (χ1v) is 9.52. The quantitative estimate of drug-likeness (QED) is 0.709. The molecule has 0 bridgehead atoms. The molecule has 5 rings (SSSR count). The predicted molar refractivity (Wildman–Crippen MR) is 107 cm³/mol. The van der Waals surface area contributed by atoms with Gasteiger partial charge in [-0.25, -0.2) is 0 Å². The van der Waals surface area contributed by atoms with Crippen molar-refractivity contribution in [2.45, 2.75) is 17.9 Å². The largest absolute Gasteiger partial charge is 0.508 e. The lowest BCUT2D eigenvalue weighted by molar-refractivity contribution is -0.121. The van der Waals surface area contributed by atoms with Crippen LogP contribution in [0.15, 0.2) is 73.1 Å². The van der Waals surface area contributed by atoms with Crippen molar-refractivity contribution < 1.29 is 14.7 Å². The van der Waals surface area contributed by atoms with Crippen molar-refractivity contribution >= 4 is 17.5 Å². The van der Waals surface area contributed by atoms with Crippen molar-refractivity contribution in [1.29, 1.82) is 0 Å². The molecule has 2 amide bonds. The van der Waals surface area contributed by atoms with Gasteiger partial charge in [0.15, 0.2) is 0 Å². The number of pyridine rings is 1. The molecule has 2 unspecified atom stereocenters. The second-order valence-corrected chi connectivity index (χ2v) is 7.46. The molecule has 0 radical (unpaired) electrons. The van der Waals surface area contributed by atoms with Crippen molar-refractivity contribution in [2.24, 2.45) is 0 Å². The van der Waals surface area contributed by atoms with E-state index >= 15 is 0 Å². The van der Waals surface area contributed by atoms with E-state index in [1.54, 1.807) is 29.4 Å². The Morgan fingerprint density at radius 2 is 1.90 bits per heavy atom. The maximum absolute atomic E-state index is 13.4. The second-order valence-electron chi connectivity index (χ2n) is 7.46. The summed E-state index contributed by atoms with van der Waals surface area (Å²) < 4.78 is 0. The van der Waals surface area contributed by atoms with Crippen molar-refractivity contribution in [2.75, 3.05) is 11.9 Å². The molecular formula is C23H19N3O3. The van der Waals surface area contributed by atoms with E-state index < -0.39 is 11.5 Å². The minimum atomic E-state index is -0.855. The Bertz CT molecular complexity index is 1100. The van der Waals surface area contributed by atoms with Crippen molar-refractivity contribution in [3.05, 3.63) is 89.7 Å². The van der Waals surface area contributed by atoms with Crippen LogP contribution < -0.4 is 5.32 Å². The summed E-state index contributed by atoms with van der Waals surface area (Å²) >= 11 is 0. The molecule has 1 aromatic heterocycles. The molecule has 2 aliphatic heterocycles. The highest BCUT2D eigenvalue weighted by molar-refractivity contribution is 6.08. The van der Waals surface area contributed by atoms with Crippen molar-refractivity contribution in [3.63, 3.8) is 0 Å². The van der Waals surface area contributed by atoms with Gasteiger partial charge in [0, 0.05) is 30.2 Å². The van der Waals surface area contributed by atoms with E-state index in [4.69, 9.17) is 0 Å². The SMILES string of the molecule is O=C(c1ccc(O)cc1)N1CCC2(C(=O)Nc3ccccc32)C1c1cccnc1. The molecule has 29 heavy (non-hydrogen) atoms. The molecule has 1 fully saturated rings. The highest BCUT2D eigenvalue weighted by Crippen LogP contribution is 2.54. The first-order chi connectivity index (χ1) is 14.1. The summed E-state index contributed by atoms with van der Waals surface area (Å²) in [7, 11) is 0. The van der Waals surface area contributed by atoms with Gasteiger partial charge in [0.1, 0.15) is 11.2 Å². The van der Waals surface area contributed by atoms with Crippen LogP contribution in [0.4, 0.5) is 5.69 Å². The van der Waals surface area contributed by atoms with Crippen LogP contribution in [-0.4, -0.2) is 33.3 Å². The monoisotopic (exact) mass is 385 g/mol. The summed E-state index contributed by atoms with van der Waals surface area (Å²) in [4.78, 5) is 32.7. The Morgan fingerprint density at radius 3 is 2.66 bits per heavy atom. The summed E-state index contributed by atoms with van der Waals surface area (Å²) in [5, 5.41) is 12.6. The summed E-state index contributed by atoms with van der Waals surface area (Å²) in [5.74, 6) is -0.159. The maximum atomic E-state index is 13.4. The fourth-order valence-corrected chi connectivity index (χ4v) is 4.68. The van der Waals surface area contributed by atoms with Crippen LogP contribution in [0.5, 0.6) is 5.75 Å². The topological polar surface area (TPSA) is 82.5 Å². The average Bonchev–Trinajstić information content (AvgIpc) is 3.28.